The molecule has 0 aliphatic heterocycles. The van der Waals surface area contributed by atoms with Gasteiger partial charge in [0, 0.05) is 17.3 Å². The number of tetrazole rings is 1. The molecule has 25 heavy (non-hydrogen) atoms. The topological polar surface area (TPSA) is 171 Å². The van der Waals surface area contributed by atoms with Crippen LogP contribution in [0.25, 0.3) is 0 Å². The summed E-state index contributed by atoms with van der Waals surface area (Å²) in [6, 6.07) is 5.57. The molecule has 13 heteroatoms. The van der Waals surface area contributed by atoms with E-state index in [9.17, 15) is 25.0 Å². The summed E-state index contributed by atoms with van der Waals surface area (Å²) in [7, 11) is 0. The second-order valence-corrected chi connectivity index (χ2v) is 4.86. The highest BCUT2D eigenvalue weighted by Gasteiger charge is 2.15. The second kappa shape index (κ2) is 7.67. The van der Waals surface area contributed by atoms with Crippen LogP contribution in [0.4, 0.5) is 11.6 Å². The molecule has 0 radical (unpaired) electrons. The Kier molecular flexibility index (Phi) is 5.39. The highest BCUT2D eigenvalue weighted by atomic mass is 16.6. The Morgan fingerprint density at radius 1 is 1.24 bits per heavy atom. The van der Waals surface area contributed by atoms with Gasteiger partial charge in [-0.05, 0) is 17.4 Å². The van der Waals surface area contributed by atoms with E-state index < -0.39 is 21.7 Å². The van der Waals surface area contributed by atoms with Gasteiger partial charge in [-0.15, -0.1) is 0 Å². The number of benzene rings is 1. The van der Waals surface area contributed by atoms with Gasteiger partial charge in [0.2, 0.25) is 5.91 Å². The molecule has 0 aliphatic rings. The predicted octanol–water partition coefficient (Wildman–Crippen LogP) is 0.224. The number of nitrogens with zero attached hydrogens (tertiary/aromatic N) is 7. The van der Waals surface area contributed by atoms with Crippen molar-refractivity contribution in [3.05, 3.63) is 50.1 Å². The van der Waals surface area contributed by atoms with Crippen LogP contribution in [-0.2, 0) is 17.8 Å². The Labute approximate surface area is 139 Å². The highest BCUT2D eigenvalue weighted by Crippen LogP contribution is 2.12. The summed E-state index contributed by atoms with van der Waals surface area (Å²) in [5.41, 5.74) is 3.23. The lowest BCUT2D eigenvalue weighted by Crippen LogP contribution is -2.22. The number of nitro benzene ring substituents is 1. The summed E-state index contributed by atoms with van der Waals surface area (Å²) in [6.07, 6.45) is -0.0121. The summed E-state index contributed by atoms with van der Waals surface area (Å²) in [6.45, 7) is 1.58. The molecular formula is C12H12N8O5. The molecule has 1 aromatic carbocycles. The van der Waals surface area contributed by atoms with Crippen molar-refractivity contribution in [2.45, 2.75) is 19.9 Å². The van der Waals surface area contributed by atoms with Crippen LogP contribution in [0.1, 0.15) is 12.5 Å². The third kappa shape index (κ3) is 5.12. The van der Waals surface area contributed by atoms with Crippen LogP contribution >= 0.6 is 0 Å². The van der Waals surface area contributed by atoms with Crippen molar-refractivity contribution in [2.24, 2.45) is 5.10 Å². The Hall–Kier alpha value is -3.77. The van der Waals surface area contributed by atoms with E-state index in [1.165, 1.54) is 24.3 Å². The maximum absolute atomic E-state index is 11.8. The minimum absolute atomic E-state index is 0.0121. The molecule has 0 fully saturated rings. The number of nitro groups is 2. The minimum atomic E-state index is -0.776. The predicted molar refractivity (Wildman–Crippen MR) is 82.5 cm³/mol. The third-order valence-corrected chi connectivity index (χ3v) is 2.86. The summed E-state index contributed by atoms with van der Waals surface area (Å²) in [5.74, 6) is -1.05. The minimum Gasteiger partial charge on any atom is -0.390 e. The zero-order chi connectivity index (χ0) is 18.4. The normalized spacial score (nSPS) is 11.2. The molecule has 1 heterocycles. The van der Waals surface area contributed by atoms with Crippen molar-refractivity contribution < 1.29 is 14.6 Å². The van der Waals surface area contributed by atoms with Crippen LogP contribution in [0.2, 0.25) is 0 Å². The van der Waals surface area contributed by atoms with Crippen molar-refractivity contribution in [3.63, 3.8) is 0 Å². The quantitative estimate of drug-likeness (QED) is 0.420. The number of hydrogen-bond donors (Lipinski definition) is 1. The molecule has 2 aromatic rings. The smallest absolute Gasteiger partial charge is 0.390 e. The maximum atomic E-state index is 11.8. The molecule has 130 valence electrons. The van der Waals surface area contributed by atoms with Gasteiger partial charge >= 0.3 is 5.95 Å². The fourth-order valence-corrected chi connectivity index (χ4v) is 1.73. The number of aromatic nitrogens is 4. The monoisotopic (exact) mass is 348 g/mol. The van der Waals surface area contributed by atoms with Gasteiger partial charge in [-0.25, -0.2) is 5.43 Å². The average molecular weight is 348 g/mol. The first-order chi connectivity index (χ1) is 11.8. The Balaban J connectivity index is 1.87. The highest BCUT2D eigenvalue weighted by molar-refractivity contribution is 5.84. The van der Waals surface area contributed by atoms with Crippen LogP contribution in [0.5, 0.6) is 0 Å². The lowest BCUT2D eigenvalue weighted by atomic mass is 10.1. The first-order valence-electron chi connectivity index (χ1n) is 6.82. The van der Waals surface area contributed by atoms with E-state index in [-0.39, 0.29) is 18.7 Å². The molecule has 0 unspecified atom stereocenters. The summed E-state index contributed by atoms with van der Waals surface area (Å²) in [4.78, 5) is 32.5. The average Bonchev–Trinajstić information content (AvgIpc) is 3.02. The number of nitrogens with one attached hydrogen (secondary N) is 1. The Morgan fingerprint density at radius 2 is 1.92 bits per heavy atom. The lowest BCUT2D eigenvalue weighted by Gasteiger charge is -2.02. The zero-order valence-electron chi connectivity index (χ0n) is 12.9. The molecule has 0 bridgehead atoms. The van der Waals surface area contributed by atoms with Crippen LogP contribution in [0.15, 0.2) is 29.4 Å². The summed E-state index contributed by atoms with van der Waals surface area (Å²) in [5, 5.41) is 35.1. The molecule has 0 saturated heterocycles. The van der Waals surface area contributed by atoms with Gasteiger partial charge in [-0.3, -0.25) is 14.9 Å². The molecule has 0 atom stereocenters. The van der Waals surface area contributed by atoms with Crippen molar-refractivity contribution >= 4 is 23.3 Å². The molecule has 1 amide bonds. The number of rotatable bonds is 7. The van der Waals surface area contributed by atoms with E-state index >= 15 is 0 Å². The van der Waals surface area contributed by atoms with Gasteiger partial charge < -0.3 is 10.1 Å². The van der Waals surface area contributed by atoms with Gasteiger partial charge in [0.05, 0.1) is 27.3 Å². The molecular weight excluding hydrogens is 336 g/mol. The number of non-ortho nitro benzene ring substituents is 1. The molecule has 1 N–H and O–H groups in total. The zero-order valence-corrected chi connectivity index (χ0v) is 12.9. The van der Waals surface area contributed by atoms with Crippen LogP contribution in [0, 0.1) is 20.2 Å². The van der Waals surface area contributed by atoms with Crippen molar-refractivity contribution in [1.29, 1.82) is 0 Å². The van der Waals surface area contributed by atoms with Gasteiger partial charge in [0.25, 0.3) is 5.69 Å². The van der Waals surface area contributed by atoms with Crippen molar-refractivity contribution in [3.8, 4) is 0 Å². The molecule has 0 spiro atoms. The fraction of sp³-hybridized carbons (Fsp3) is 0.250. The number of hydrazone groups is 1. The SMILES string of the molecule is C/C(Cn1nnc([N+](=O)[O-])n1)=N/NC(=O)Cc1ccc([N+](=O)[O-])cc1. The molecule has 1 aromatic heterocycles. The van der Waals surface area contributed by atoms with E-state index in [1.54, 1.807) is 6.92 Å². The Morgan fingerprint density at radius 3 is 2.48 bits per heavy atom. The standard InChI is InChI=1S/C12H12N8O5/c1-8(7-18-16-12(15-17-18)20(24)25)13-14-11(21)6-9-2-4-10(5-3-9)19(22)23/h2-5H,6-7H2,1H3,(H,14,21)/b13-8-. The van der Waals surface area contributed by atoms with E-state index in [2.05, 4.69) is 25.9 Å². The van der Waals surface area contributed by atoms with Gasteiger partial charge in [-0.1, -0.05) is 16.9 Å². The molecule has 0 aliphatic carbocycles. The first kappa shape index (κ1) is 17.6. The number of hydrogen-bond acceptors (Lipinski definition) is 9. The van der Waals surface area contributed by atoms with Gasteiger partial charge in [0.15, 0.2) is 0 Å². The molecule has 2 rings (SSSR count). The van der Waals surface area contributed by atoms with E-state index in [4.69, 9.17) is 0 Å². The largest absolute Gasteiger partial charge is 0.514 e. The van der Waals surface area contributed by atoms with Crippen LogP contribution < -0.4 is 5.43 Å². The number of carbonyl (C=O) groups excluding carboxylic acids is 1. The maximum Gasteiger partial charge on any atom is 0.514 e. The second-order valence-electron chi connectivity index (χ2n) is 4.86. The number of amides is 1. The summed E-state index contributed by atoms with van der Waals surface area (Å²) >= 11 is 0. The van der Waals surface area contributed by atoms with Crippen LogP contribution in [-0.4, -0.2) is 41.7 Å². The van der Waals surface area contributed by atoms with Crippen LogP contribution in [0.3, 0.4) is 0 Å². The number of carbonyl (C=O) groups is 1. The molecule has 0 saturated carbocycles. The molecule has 13 nitrogen and oxygen atoms in total. The Bertz CT molecular complexity index is 828. The lowest BCUT2D eigenvalue weighted by molar-refractivity contribution is -0.394. The van der Waals surface area contributed by atoms with E-state index in [1.807, 2.05) is 0 Å². The summed E-state index contributed by atoms with van der Waals surface area (Å²) < 4.78 is 0. The van der Waals surface area contributed by atoms with Gasteiger partial charge in [0.1, 0.15) is 6.54 Å². The van der Waals surface area contributed by atoms with Crippen molar-refractivity contribution in [1.82, 2.24) is 25.6 Å². The van der Waals surface area contributed by atoms with Crippen molar-refractivity contribution in [2.75, 3.05) is 0 Å². The fourth-order valence-electron chi connectivity index (χ4n) is 1.73. The van der Waals surface area contributed by atoms with Gasteiger partial charge in [-0.2, -0.15) is 5.10 Å². The van der Waals surface area contributed by atoms with E-state index in [0.29, 0.717) is 11.3 Å². The first-order valence-corrected chi connectivity index (χ1v) is 6.82. The third-order valence-electron chi connectivity index (χ3n) is 2.86. The van der Waals surface area contributed by atoms with E-state index in [0.717, 1.165) is 4.80 Å².